The highest BCUT2D eigenvalue weighted by molar-refractivity contribution is 14.0. The second-order valence-corrected chi connectivity index (χ2v) is 6.90. The van der Waals surface area contributed by atoms with Crippen LogP contribution in [-0.2, 0) is 12.0 Å². The lowest BCUT2D eigenvalue weighted by Crippen LogP contribution is -2.41. The van der Waals surface area contributed by atoms with Crippen molar-refractivity contribution in [3.8, 4) is 0 Å². The maximum Gasteiger partial charge on any atom is 0.248 e. The van der Waals surface area contributed by atoms with Gasteiger partial charge in [-0.2, -0.15) is 0 Å². The second-order valence-electron chi connectivity index (χ2n) is 6.90. The third-order valence-corrected chi connectivity index (χ3v) is 4.86. The van der Waals surface area contributed by atoms with Crippen LogP contribution in [0.3, 0.4) is 0 Å². The van der Waals surface area contributed by atoms with Crippen molar-refractivity contribution in [2.24, 2.45) is 10.7 Å². The second kappa shape index (κ2) is 9.86. The number of halogens is 2. The predicted molar refractivity (Wildman–Crippen MR) is 121 cm³/mol. The van der Waals surface area contributed by atoms with Gasteiger partial charge in [-0.15, -0.1) is 24.0 Å². The van der Waals surface area contributed by atoms with Crippen molar-refractivity contribution in [2.45, 2.75) is 31.7 Å². The molecule has 1 aliphatic carbocycles. The molecule has 2 aromatic carbocycles. The van der Waals surface area contributed by atoms with Crippen LogP contribution in [0.1, 0.15) is 41.3 Å². The van der Waals surface area contributed by atoms with E-state index < -0.39 is 5.91 Å². The average molecular weight is 496 g/mol. The molecule has 0 atom stereocenters. The SMILES string of the molecule is CCNC(=NCc1cccc(C(N)=O)c1)NCC1(c2cccc(F)c2)CC1.I. The van der Waals surface area contributed by atoms with Crippen LogP contribution >= 0.6 is 24.0 Å². The molecule has 0 spiro atoms. The van der Waals surface area contributed by atoms with E-state index in [4.69, 9.17) is 5.73 Å². The van der Waals surface area contributed by atoms with Crippen molar-refractivity contribution in [1.29, 1.82) is 0 Å². The molecule has 0 saturated heterocycles. The fraction of sp³-hybridized carbons (Fsp3) is 0.333. The Balaban J connectivity index is 0.00000280. The third kappa shape index (κ3) is 5.67. The van der Waals surface area contributed by atoms with Crippen LogP contribution in [-0.4, -0.2) is 25.0 Å². The van der Waals surface area contributed by atoms with E-state index >= 15 is 0 Å². The fourth-order valence-electron chi connectivity index (χ4n) is 3.12. The summed E-state index contributed by atoms with van der Waals surface area (Å²) < 4.78 is 13.6. The Hall–Kier alpha value is -2.16. The molecule has 1 amide bonds. The molecule has 5 nitrogen and oxygen atoms in total. The molecule has 0 aliphatic heterocycles. The highest BCUT2D eigenvalue weighted by atomic mass is 127. The van der Waals surface area contributed by atoms with Crippen molar-refractivity contribution in [3.05, 3.63) is 71.0 Å². The zero-order valence-corrected chi connectivity index (χ0v) is 18.2. The number of nitrogens with two attached hydrogens (primary N) is 1. The fourth-order valence-corrected chi connectivity index (χ4v) is 3.12. The summed E-state index contributed by atoms with van der Waals surface area (Å²) in [5.74, 6) is 0.0509. The first-order chi connectivity index (χ1) is 13.0. The number of nitrogens with zero attached hydrogens (tertiary/aromatic N) is 1. The van der Waals surface area contributed by atoms with E-state index in [0.29, 0.717) is 24.6 Å². The topological polar surface area (TPSA) is 79.5 Å². The van der Waals surface area contributed by atoms with Gasteiger partial charge in [-0.05, 0) is 55.2 Å². The average Bonchev–Trinajstić information content (AvgIpc) is 3.45. The van der Waals surface area contributed by atoms with Gasteiger partial charge in [-0.25, -0.2) is 9.38 Å². The molecule has 0 aromatic heterocycles. The molecule has 0 unspecified atom stereocenters. The molecular formula is C21H26FIN4O. The van der Waals surface area contributed by atoms with Crippen LogP contribution in [0.15, 0.2) is 53.5 Å². The normalized spacial score (nSPS) is 14.7. The van der Waals surface area contributed by atoms with Crippen LogP contribution in [0.5, 0.6) is 0 Å². The third-order valence-electron chi connectivity index (χ3n) is 4.86. The molecule has 0 radical (unpaired) electrons. The van der Waals surface area contributed by atoms with Gasteiger partial charge in [0, 0.05) is 24.1 Å². The lowest BCUT2D eigenvalue weighted by atomic mass is 9.96. The van der Waals surface area contributed by atoms with Crippen molar-refractivity contribution in [1.82, 2.24) is 10.6 Å². The summed E-state index contributed by atoms with van der Waals surface area (Å²) in [5, 5.41) is 6.60. The lowest BCUT2D eigenvalue weighted by Gasteiger charge is -2.19. The number of hydrogen-bond acceptors (Lipinski definition) is 2. The van der Waals surface area contributed by atoms with Gasteiger partial charge in [0.15, 0.2) is 5.96 Å². The van der Waals surface area contributed by atoms with Crippen molar-refractivity contribution < 1.29 is 9.18 Å². The van der Waals surface area contributed by atoms with E-state index in [9.17, 15) is 9.18 Å². The van der Waals surface area contributed by atoms with Crippen LogP contribution in [0.25, 0.3) is 0 Å². The molecule has 28 heavy (non-hydrogen) atoms. The van der Waals surface area contributed by atoms with Crippen LogP contribution in [0, 0.1) is 5.82 Å². The van der Waals surface area contributed by atoms with E-state index in [2.05, 4.69) is 15.6 Å². The first kappa shape index (κ1) is 22.1. The molecule has 0 bridgehead atoms. The first-order valence-corrected chi connectivity index (χ1v) is 9.19. The monoisotopic (exact) mass is 496 g/mol. The van der Waals surface area contributed by atoms with Gasteiger partial charge in [0.1, 0.15) is 5.82 Å². The highest BCUT2D eigenvalue weighted by Gasteiger charge is 2.44. The van der Waals surface area contributed by atoms with Crippen molar-refractivity contribution >= 4 is 35.8 Å². The summed E-state index contributed by atoms with van der Waals surface area (Å²) in [5.41, 5.74) is 7.72. The van der Waals surface area contributed by atoms with E-state index in [0.717, 1.165) is 30.5 Å². The number of carbonyl (C=O) groups is 1. The first-order valence-electron chi connectivity index (χ1n) is 9.19. The number of nitrogens with one attached hydrogen (secondary N) is 2. The largest absolute Gasteiger partial charge is 0.366 e. The zero-order chi connectivity index (χ0) is 19.3. The maximum absolute atomic E-state index is 13.6. The van der Waals surface area contributed by atoms with Gasteiger partial charge in [0.25, 0.3) is 0 Å². The zero-order valence-electron chi connectivity index (χ0n) is 15.9. The Labute approximate surface area is 182 Å². The van der Waals surface area contributed by atoms with Gasteiger partial charge in [-0.1, -0.05) is 24.3 Å². The smallest absolute Gasteiger partial charge is 0.248 e. The number of carbonyl (C=O) groups excluding carboxylic acids is 1. The minimum absolute atomic E-state index is 0. The summed E-state index contributed by atoms with van der Waals surface area (Å²) in [6, 6.07) is 14.0. The number of hydrogen-bond donors (Lipinski definition) is 3. The number of guanidine groups is 1. The number of aliphatic imine (C=N–C) groups is 1. The Morgan fingerprint density at radius 3 is 2.57 bits per heavy atom. The summed E-state index contributed by atoms with van der Waals surface area (Å²) >= 11 is 0. The van der Waals surface area contributed by atoms with Crippen LogP contribution in [0.4, 0.5) is 4.39 Å². The quantitative estimate of drug-likeness (QED) is 0.313. The molecule has 4 N–H and O–H groups in total. The van der Waals surface area contributed by atoms with Gasteiger partial charge in [-0.3, -0.25) is 4.79 Å². The summed E-state index contributed by atoms with van der Waals surface area (Å²) in [6.07, 6.45) is 2.06. The van der Waals surface area contributed by atoms with E-state index in [1.54, 1.807) is 30.3 Å². The molecular weight excluding hydrogens is 470 g/mol. The van der Waals surface area contributed by atoms with Gasteiger partial charge in [0.05, 0.1) is 6.54 Å². The minimum Gasteiger partial charge on any atom is -0.366 e. The number of rotatable bonds is 7. The number of benzene rings is 2. The predicted octanol–water partition coefficient (Wildman–Crippen LogP) is 3.33. The molecule has 150 valence electrons. The van der Waals surface area contributed by atoms with Crippen LogP contribution < -0.4 is 16.4 Å². The minimum atomic E-state index is -0.448. The molecule has 2 aromatic rings. The Morgan fingerprint density at radius 2 is 1.93 bits per heavy atom. The van der Waals surface area contributed by atoms with E-state index in [1.165, 1.54) is 6.07 Å². The van der Waals surface area contributed by atoms with E-state index in [1.807, 2.05) is 19.1 Å². The number of amides is 1. The number of primary amides is 1. The molecule has 3 rings (SSSR count). The summed E-state index contributed by atoms with van der Waals surface area (Å²) in [6.45, 7) is 3.87. The van der Waals surface area contributed by atoms with Crippen LogP contribution in [0.2, 0.25) is 0 Å². The Bertz CT molecular complexity index is 852. The summed E-state index contributed by atoms with van der Waals surface area (Å²) in [7, 11) is 0. The maximum atomic E-state index is 13.6. The van der Waals surface area contributed by atoms with Gasteiger partial charge < -0.3 is 16.4 Å². The molecule has 7 heteroatoms. The summed E-state index contributed by atoms with van der Waals surface area (Å²) in [4.78, 5) is 15.9. The lowest BCUT2D eigenvalue weighted by molar-refractivity contribution is 0.1000. The highest BCUT2D eigenvalue weighted by Crippen LogP contribution is 2.47. The molecule has 1 aliphatic rings. The van der Waals surface area contributed by atoms with Crippen molar-refractivity contribution in [2.75, 3.05) is 13.1 Å². The molecule has 0 heterocycles. The molecule has 1 fully saturated rings. The standard InChI is InChI=1S/C21H25FN4O.HI/c1-2-24-20(25-13-15-5-3-6-16(11-15)19(23)27)26-14-21(9-10-21)17-7-4-8-18(22)12-17;/h3-8,11-12H,2,9-10,13-14H2,1H3,(H2,23,27)(H2,24,25,26);1H. The van der Waals surface area contributed by atoms with Gasteiger partial charge in [0.2, 0.25) is 5.91 Å². The Morgan fingerprint density at radius 1 is 1.18 bits per heavy atom. The van der Waals surface area contributed by atoms with E-state index in [-0.39, 0.29) is 35.2 Å². The van der Waals surface area contributed by atoms with Gasteiger partial charge >= 0.3 is 0 Å². The molecule has 1 saturated carbocycles. The Kier molecular flexibility index (Phi) is 7.79. The van der Waals surface area contributed by atoms with Crippen molar-refractivity contribution in [3.63, 3.8) is 0 Å².